The van der Waals surface area contributed by atoms with E-state index in [4.69, 9.17) is 16.0 Å². The van der Waals surface area contributed by atoms with Gasteiger partial charge in [0.05, 0.1) is 23.1 Å². The number of hydrogen-bond acceptors (Lipinski definition) is 4. The van der Waals surface area contributed by atoms with Gasteiger partial charge in [-0.1, -0.05) is 11.6 Å². The standard InChI is InChI=1S/C20H22ClN3O3/c1-12-16(7-9-27-12)19(25)23-18-10-13(21)2-5-17(18)20(26)24-8-6-14-3-4-15(11-24)22-14/h2,5,7,9-10,14-15,22H,3-4,6,8,11H2,1H3,(H,23,25). The Morgan fingerprint density at radius 3 is 2.78 bits per heavy atom. The summed E-state index contributed by atoms with van der Waals surface area (Å²) >= 11 is 6.12. The highest BCUT2D eigenvalue weighted by molar-refractivity contribution is 6.31. The summed E-state index contributed by atoms with van der Waals surface area (Å²) in [6.07, 6.45) is 4.69. The first-order valence-corrected chi connectivity index (χ1v) is 9.59. The molecule has 2 fully saturated rings. The van der Waals surface area contributed by atoms with Crippen LogP contribution in [0.4, 0.5) is 5.69 Å². The Balaban J connectivity index is 1.58. The van der Waals surface area contributed by atoms with Gasteiger partial charge in [0.2, 0.25) is 0 Å². The maximum absolute atomic E-state index is 13.2. The Labute approximate surface area is 162 Å². The van der Waals surface area contributed by atoms with Crippen molar-refractivity contribution in [1.82, 2.24) is 10.2 Å². The van der Waals surface area contributed by atoms with Crippen LogP contribution in [0.3, 0.4) is 0 Å². The lowest BCUT2D eigenvalue weighted by atomic mass is 10.1. The SMILES string of the molecule is Cc1occc1C(=O)Nc1cc(Cl)ccc1C(=O)N1CCC2CCC(C1)N2. The molecule has 2 bridgehead atoms. The molecule has 7 heteroatoms. The lowest BCUT2D eigenvalue weighted by Gasteiger charge is -2.25. The van der Waals surface area contributed by atoms with Crippen molar-refractivity contribution >= 4 is 29.1 Å². The highest BCUT2D eigenvalue weighted by Gasteiger charge is 2.32. The summed E-state index contributed by atoms with van der Waals surface area (Å²) in [7, 11) is 0. The quantitative estimate of drug-likeness (QED) is 0.845. The van der Waals surface area contributed by atoms with Crippen LogP contribution in [0.2, 0.25) is 5.02 Å². The average molecular weight is 388 g/mol. The second-order valence-corrected chi connectivity index (χ2v) is 7.65. The summed E-state index contributed by atoms with van der Waals surface area (Å²) in [5.41, 5.74) is 1.30. The first kappa shape index (κ1) is 18.1. The molecule has 2 amide bonds. The number of rotatable bonds is 3. The van der Waals surface area contributed by atoms with Crippen LogP contribution in [0.25, 0.3) is 0 Å². The third-order valence-electron chi connectivity index (χ3n) is 5.37. The first-order valence-electron chi connectivity index (χ1n) is 9.21. The summed E-state index contributed by atoms with van der Waals surface area (Å²) in [5, 5.41) is 6.85. The lowest BCUT2D eigenvalue weighted by Crippen LogP contribution is -2.39. The monoisotopic (exact) mass is 387 g/mol. The van der Waals surface area contributed by atoms with E-state index in [1.807, 2.05) is 4.90 Å². The van der Waals surface area contributed by atoms with Gasteiger partial charge in [-0.05, 0) is 50.5 Å². The molecule has 2 unspecified atom stereocenters. The van der Waals surface area contributed by atoms with E-state index >= 15 is 0 Å². The molecule has 0 spiro atoms. The van der Waals surface area contributed by atoms with Gasteiger partial charge >= 0.3 is 0 Å². The molecular weight excluding hydrogens is 366 g/mol. The number of likely N-dealkylation sites (tertiary alicyclic amines) is 1. The summed E-state index contributed by atoms with van der Waals surface area (Å²) in [5.74, 6) is 0.117. The minimum absolute atomic E-state index is 0.0831. The molecule has 2 N–H and O–H groups in total. The van der Waals surface area contributed by atoms with Crippen molar-refractivity contribution in [3.8, 4) is 0 Å². The molecule has 2 aromatic rings. The van der Waals surface area contributed by atoms with Crippen LogP contribution in [-0.2, 0) is 0 Å². The Hall–Kier alpha value is -2.31. The van der Waals surface area contributed by atoms with E-state index in [0.717, 1.165) is 12.8 Å². The highest BCUT2D eigenvalue weighted by Crippen LogP contribution is 2.26. The fraction of sp³-hybridized carbons (Fsp3) is 0.400. The van der Waals surface area contributed by atoms with Crippen LogP contribution in [0.5, 0.6) is 0 Å². The molecule has 142 valence electrons. The Morgan fingerprint density at radius 1 is 1.19 bits per heavy atom. The molecule has 4 rings (SSSR count). The molecule has 0 aliphatic carbocycles. The van der Waals surface area contributed by atoms with Gasteiger partial charge < -0.3 is 20.0 Å². The number of aryl methyl sites for hydroxylation is 1. The summed E-state index contributed by atoms with van der Waals surface area (Å²) < 4.78 is 5.19. The number of fused-ring (bicyclic) bond motifs is 2. The smallest absolute Gasteiger partial charge is 0.259 e. The third kappa shape index (κ3) is 3.73. The van der Waals surface area contributed by atoms with Crippen molar-refractivity contribution in [2.45, 2.75) is 38.3 Å². The number of hydrogen-bond donors (Lipinski definition) is 2. The first-order chi connectivity index (χ1) is 13.0. The number of benzene rings is 1. The minimum atomic E-state index is -0.325. The van der Waals surface area contributed by atoms with E-state index in [0.29, 0.717) is 52.8 Å². The van der Waals surface area contributed by atoms with Crippen molar-refractivity contribution in [1.29, 1.82) is 0 Å². The van der Waals surface area contributed by atoms with Gasteiger partial charge in [0.25, 0.3) is 11.8 Å². The molecule has 6 nitrogen and oxygen atoms in total. The minimum Gasteiger partial charge on any atom is -0.469 e. The largest absolute Gasteiger partial charge is 0.469 e. The number of halogens is 1. The molecule has 1 aromatic carbocycles. The van der Waals surface area contributed by atoms with Crippen LogP contribution in [0.15, 0.2) is 34.9 Å². The fourth-order valence-corrected chi connectivity index (χ4v) is 4.09. The van der Waals surface area contributed by atoms with Gasteiger partial charge in [-0.15, -0.1) is 0 Å². The Kier molecular flexibility index (Phi) is 4.93. The zero-order valence-corrected chi connectivity index (χ0v) is 15.9. The average Bonchev–Trinajstić information content (AvgIpc) is 3.19. The fourth-order valence-electron chi connectivity index (χ4n) is 3.91. The molecule has 0 saturated carbocycles. The van der Waals surface area contributed by atoms with Gasteiger partial charge in [-0.3, -0.25) is 9.59 Å². The van der Waals surface area contributed by atoms with Crippen LogP contribution < -0.4 is 10.6 Å². The van der Waals surface area contributed by atoms with Gasteiger partial charge in [-0.2, -0.15) is 0 Å². The van der Waals surface area contributed by atoms with Crippen LogP contribution in [0, 0.1) is 6.92 Å². The van der Waals surface area contributed by atoms with E-state index in [9.17, 15) is 9.59 Å². The van der Waals surface area contributed by atoms with Gasteiger partial charge in [0.1, 0.15) is 5.76 Å². The number of nitrogens with one attached hydrogen (secondary N) is 2. The van der Waals surface area contributed by atoms with Crippen molar-refractivity contribution in [2.75, 3.05) is 18.4 Å². The summed E-state index contributed by atoms with van der Waals surface area (Å²) in [4.78, 5) is 27.6. The van der Waals surface area contributed by atoms with Crippen molar-refractivity contribution < 1.29 is 14.0 Å². The van der Waals surface area contributed by atoms with E-state index in [1.54, 1.807) is 31.2 Å². The second kappa shape index (κ2) is 7.37. The van der Waals surface area contributed by atoms with Gasteiger partial charge in [0, 0.05) is 30.2 Å². The van der Waals surface area contributed by atoms with E-state index in [1.165, 1.54) is 12.7 Å². The molecule has 2 atom stereocenters. The highest BCUT2D eigenvalue weighted by atomic mass is 35.5. The van der Waals surface area contributed by atoms with Crippen LogP contribution in [0.1, 0.15) is 45.7 Å². The number of carbonyl (C=O) groups excluding carboxylic acids is 2. The normalized spacial score (nSPS) is 21.8. The molecule has 1 aromatic heterocycles. The summed E-state index contributed by atoms with van der Waals surface area (Å²) in [6, 6.07) is 7.43. The number of anilines is 1. The maximum Gasteiger partial charge on any atom is 0.259 e. The second-order valence-electron chi connectivity index (χ2n) is 7.21. The lowest BCUT2D eigenvalue weighted by molar-refractivity contribution is 0.0749. The summed E-state index contributed by atoms with van der Waals surface area (Å²) in [6.45, 7) is 3.12. The van der Waals surface area contributed by atoms with Crippen molar-refractivity contribution in [3.05, 3.63) is 52.4 Å². The van der Waals surface area contributed by atoms with Crippen LogP contribution >= 0.6 is 11.6 Å². The zero-order valence-electron chi connectivity index (χ0n) is 15.1. The maximum atomic E-state index is 13.2. The van der Waals surface area contributed by atoms with Gasteiger partial charge in [0.15, 0.2) is 0 Å². The molecule has 0 radical (unpaired) electrons. The molecule has 2 aliphatic rings. The molecule has 2 saturated heterocycles. The van der Waals surface area contributed by atoms with E-state index in [-0.39, 0.29) is 11.8 Å². The topological polar surface area (TPSA) is 74.6 Å². The molecular formula is C20H22ClN3O3. The zero-order chi connectivity index (χ0) is 19.0. The Bertz CT molecular complexity index is 879. The number of nitrogens with zero attached hydrogens (tertiary/aromatic N) is 1. The van der Waals surface area contributed by atoms with E-state index in [2.05, 4.69) is 10.6 Å². The van der Waals surface area contributed by atoms with E-state index < -0.39 is 0 Å². The number of carbonyl (C=O) groups is 2. The van der Waals surface area contributed by atoms with Crippen molar-refractivity contribution in [2.24, 2.45) is 0 Å². The molecule has 3 heterocycles. The predicted molar refractivity (Wildman–Crippen MR) is 103 cm³/mol. The number of amides is 2. The third-order valence-corrected chi connectivity index (χ3v) is 5.61. The Morgan fingerprint density at radius 2 is 2.00 bits per heavy atom. The molecule has 27 heavy (non-hydrogen) atoms. The molecule has 2 aliphatic heterocycles. The predicted octanol–water partition coefficient (Wildman–Crippen LogP) is 3.46. The van der Waals surface area contributed by atoms with Crippen molar-refractivity contribution in [3.63, 3.8) is 0 Å². The van der Waals surface area contributed by atoms with Gasteiger partial charge in [-0.25, -0.2) is 0 Å². The number of furan rings is 1. The van der Waals surface area contributed by atoms with Crippen LogP contribution in [-0.4, -0.2) is 41.9 Å².